The van der Waals surface area contributed by atoms with Crippen LogP contribution in [0.5, 0.6) is 0 Å². The number of nitro benzene ring substituents is 1. The van der Waals surface area contributed by atoms with Gasteiger partial charge in [0.1, 0.15) is 5.69 Å². The summed E-state index contributed by atoms with van der Waals surface area (Å²) in [4.78, 5) is 27.4. The molecule has 1 fully saturated rings. The van der Waals surface area contributed by atoms with Crippen LogP contribution in [0.2, 0.25) is 0 Å². The molecule has 0 unspecified atom stereocenters. The van der Waals surface area contributed by atoms with Gasteiger partial charge in [0, 0.05) is 37.3 Å². The van der Waals surface area contributed by atoms with Crippen molar-refractivity contribution in [1.82, 2.24) is 9.80 Å². The second kappa shape index (κ2) is 8.84. The van der Waals surface area contributed by atoms with Gasteiger partial charge in [-0.25, -0.2) is 0 Å². The summed E-state index contributed by atoms with van der Waals surface area (Å²) in [5, 5.41) is 11.0. The lowest BCUT2D eigenvalue weighted by atomic mass is 10.0. The van der Waals surface area contributed by atoms with E-state index in [0.717, 1.165) is 25.8 Å². The monoisotopic (exact) mass is 382 g/mol. The zero-order valence-electron chi connectivity index (χ0n) is 16.1. The van der Waals surface area contributed by atoms with E-state index in [0.29, 0.717) is 24.7 Å². The molecule has 1 heterocycles. The first-order valence-corrected chi connectivity index (χ1v) is 9.53. The molecule has 7 nitrogen and oxygen atoms in total. The first-order chi connectivity index (χ1) is 13.5. The number of hydrogen-bond donors (Lipinski definition) is 1. The van der Waals surface area contributed by atoms with E-state index < -0.39 is 4.92 Å². The molecule has 0 saturated carbocycles. The number of likely N-dealkylation sites (N-methyl/N-ethyl adjacent to an activating group) is 1. The molecular formula is C21H26N4O3. The number of rotatable bonds is 6. The Bertz CT molecular complexity index is 833. The van der Waals surface area contributed by atoms with Crippen molar-refractivity contribution in [3.8, 4) is 0 Å². The van der Waals surface area contributed by atoms with Crippen LogP contribution in [0.15, 0.2) is 48.5 Å². The van der Waals surface area contributed by atoms with Crippen molar-refractivity contribution in [2.75, 3.05) is 32.4 Å². The summed E-state index contributed by atoms with van der Waals surface area (Å²) >= 11 is 0. The number of piperidine rings is 1. The molecule has 0 aromatic heterocycles. The van der Waals surface area contributed by atoms with Gasteiger partial charge in [-0.3, -0.25) is 14.9 Å². The van der Waals surface area contributed by atoms with Crippen molar-refractivity contribution in [2.45, 2.75) is 25.3 Å². The average Bonchev–Trinajstić information content (AvgIpc) is 2.72. The fourth-order valence-electron chi connectivity index (χ4n) is 3.66. The van der Waals surface area contributed by atoms with Crippen molar-refractivity contribution >= 4 is 17.3 Å². The van der Waals surface area contributed by atoms with Gasteiger partial charge in [0.15, 0.2) is 0 Å². The summed E-state index contributed by atoms with van der Waals surface area (Å²) in [5.41, 5.74) is 7.11. The normalized spacial score (nSPS) is 15.0. The number of hydrogen-bond acceptors (Lipinski definition) is 5. The number of benzene rings is 2. The van der Waals surface area contributed by atoms with Gasteiger partial charge in [0.2, 0.25) is 0 Å². The number of carbonyl (C=O) groups excluding carboxylic acids is 1. The maximum absolute atomic E-state index is 12.7. The minimum absolute atomic E-state index is 0.0697. The molecule has 1 aliphatic rings. The molecule has 1 aliphatic heterocycles. The summed E-state index contributed by atoms with van der Waals surface area (Å²) < 4.78 is 0. The lowest BCUT2D eigenvalue weighted by Gasteiger charge is -2.37. The second-order valence-electron chi connectivity index (χ2n) is 7.27. The number of nitrogens with zero attached hydrogens (tertiary/aromatic N) is 3. The predicted octanol–water partition coefficient (Wildman–Crippen LogP) is 2.96. The Hall–Kier alpha value is -2.93. The highest BCUT2D eigenvalue weighted by Crippen LogP contribution is 2.24. The Morgan fingerprint density at radius 2 is 1.89 bits per heavy atom. The third kappa shape index (κ3) is 4.67. The molecule has 1 saturated heterocycles. The van der Waals surface area contributed by atoms with E-state index in [1.807, 2.05) is 6.07 Å². The molecule has 2 aromatic rings. The fraction of sp³-hybridized carbons (Fsp3) is 0.381. The molecule has 3 rings (SSSR count). The summed E-state index contributed by atoms with van der Waals surface area (Å²) in [5.74, 6) is -0.173. The number of nitrogen functional groups attached to an aromatic ring is 1. The standard InChI is InChI=1S/C21H26N4O3/c1-23(12-9-16-5-3-2-4-6-16)18-10-13-24(14-11-18)21(26)17-7-8-19(22)20(15-17)25(27)28/h2-8,15,18H,9-14,22H2,1H3. The molecule has 148 valence electrons. The van der Waals surface area contributed by atoms with Gasteiger partial charge < -0.3 is 15.5 Å². The van der Waals surface area contributed by atoms with Crippen LogP contribution in [-0.2, 0) is 6.42 Å². The Morgan fingerprint density at radius 1 is 1.21 bits per heavy atom. The zero-order chi connectivity index (χ0) is 20.1. The smallest absolute Gasteiger partial charge is 0.292 e. The highest BCUT2D eigenvalue weighted by molar-refractivity contribution is 5.95. The molecule has 0 radical (unpaired) electrons. The summed E-state index contributed by atoms with van der Waals surface area (Å²) in [6.45, 7) is 2.28. The summed E-state index contributed by atoms with van der Waals surface area (Å²) in [7, 11) is 2.13. The molecule has 28 heavy (non-hydrogen) atoms. The Balaban J connectivity index is 1.54. The first-order valence-electron chi connectivity index (χ1n) is 9.53. The van der Waals surface area contributed by atoms with Gasteiger partial charge in [-0.2, -0.15) is 0 Å². The van der Waals surface area contributed by atoms with Crippen molar-refractivity contribution in [2.24, 2.45) is 0 Å². The van der Waals surface area contributed by atoms with Crippen molar-refractivity contribution in [3.63, 3.8) is 0 Å². The van der Waals surface area contributed by atoms with Crippen LogP contribution >= 0.6 is 0 Å². The van der Waals surface area contributed by atoms with Crippen LogP contribution in [0.4, 0.5) is 11.4 Å². The van der Waals surface area contributed by atoms with E-state index in [4.69, 9.17) is 5.73 Å². The van der Waals surface area contributed by atoms with E-state index >= 15 is 0 Å². The number of carbonyl (C=O) groups is 1. The summed E-state index contributed by atoms with van der Waals surface area (Å²) in [6.07, 6.45) is 2.80. The van der Waals surface area contributed by atoms with Gasteiger partial charge in [-0.05, 0) is 44.0 Å². The third-order valence-electron chi connectivity index (χ3n) is 5.45. The van der Waals surface area contributed by atoms with E-state index in [1.54, 1.807) is 11.0 Å². The molecule has 1 amide bonds. The van der Waals surface area contributed by atoms with Gasteiger partial charge >= 0.3 is 0 Å². The minimum atomic E-state index is -0.556. The number of anilines is 1. The van der Waals surface area contributed by atoms with Crippen LogP contribution in [-0.4, -0.2) is 53.4 Å². The zero-order valence-corrected chi connectivity index (χ0v) is 16.1. The van der Waals surface area contributed by atoms with Crippen LogP contribution in [0.1, 0.15) is 28.8 Å². The van der Waals surface area contributed by atoms with Crippen LogP contribution in [0.3, 0.4) is 0 Å². The van der Waals surface area contributed by atoms with Crippen molar-refractivity contribution < 1.29 is 9.72 Å². The van der Waals surface area contributed by atoms with E-state index in [-0.39, 0.29) is 17.3 Å². The van der Waals surface area contributed by atoms with Gasteiger partial charge in [-0.15, -0.1) is 0 Å². The van der Waals surface area contributed by atoms with Crippen LogP contribution in [0, 0.1) is 10.1 Å². The molecular weight excluding hydrogens is 356 g/mol. The number of nitrogens with two attached hydrogens (primary N) is 1. The molecule has 0 atom stereocenters. The molecule has 2 aromatic carbocycles. The lowest BCUT2D eigenvalue weighted by molar-refractivity contribution is -0.383. The molecule has 2 N–H and O–H groups in total. The van der Waals surface area contributed by atoms with Gasteiger partial charge in [0.25, 0.3) is 11.6 Å². The van der Waals surface area contributed by atoms with Gasteiger partial charge in [-0.1, -0.05) is 30.3 Å². The topological polar surface area (TPSA) is 92.7 Å². The maximum atomic E-state index is 12.7. The SMILES string of the molecule is CN(CCc1ccccc1)C1CCN(C(=O)c2ccc(N)c([N+](=O)[O-])c2)CC1. The largest absolute Gasteiger partial charge is 0.393 e. The highest BCUT2D eigenvalue weighted by atomic mass is 16.6. The number of nitro groups is 1. The third-order valence-corrected chi connectivity index (χ3v) is 5.45. The van der Waals surface area contributed by atoms with E-state index in [1.165, 1.54) is 17.7 Å². The second-order valence-corrected chi connectivity index (χ2v) is 7.27. The minimum Gasteiger partial charge on any atom is -0.393 e. The number of likely N-dealkylation sites (tertiary alicyclic amines) is 1. The fourth-order valence-corrected chi connectivity index (χ4v) is 3.66. The average molecular weight is 382 g/mol. The van der Waals surface area contributed by atoms with E-state index in [9.17, 15) is 14.9 Å². The molecule has 0 bridgehead atoms. The number of amides is 1. The highest BCUT2D eigenvalue weighted by Gasteiger charge is 2.27. The van der Waals surface area contributed by atoms with E-state index in [2.05, 4.69) is 36.2 Å². The van der Waals surface area contributed by atoms with Crippen LogP contribution in [0.25, 0.3) is 0 Å². The Kier molecular flexibility index (Phi) is 6.26. The lowest BCUT2D eigenvalue weighted by Crippen LogP contribution is -2.46. The van der Waals surface area contributed by atoms with Crippen molar-refractivity contribution in [3.05, 3.63) is 69.8 Å². The van der Waals surface area contributed by atoms with Crippen LogP contribution < -0.4 is 5.73 Å². The maximum Gasteiger partial charge on any atom is 0.292 e. The first kappa shape index (κ1) is 19.8. The molecule has 0 aliphatic carbocycles. The quantitative estimate of drug-likeness (QED) is 0.471. The predicted molar refractivity (Wildman–Crippen MR) is 109 cm³/mol. The molecule has 7 heteroatoms. The van der Waals surface area contributed by atoms with Gasteiger partial charge in [0.05, 0.1) is 4.92 Å². The Labute approximate surface area is 164 Å². The summed E-state index contributed by atoms with van der Waals surface area (Å²) in [6, 6.07) is 15.1. The van der Waals surface area contributed by atoms with Crippen molar-refractivity contribution in [1.29, 1.82) is 0 Å². The Morgan fingerprint density at radius 3 is 2.54 bits per heavy atom. The molecule has 0 spiro atoms.